The molecule has 6 nitrogen and oxygen atoms in total. The van der Waals surface area contributed by atoms with E-state index in [0.29, 0.717) is 33.0 Å². The standard InChI is InChI=1S/C31H66O3Si2.C18H40O3Si2/c1-12-13-14-15-16-17-18-19-20-21-22-23-24-25-26-32-27-29(34-36(10,11)31(5,6)7)28-33-35(8,9)30(2,3)4;1-12-13-19-14-16(21-23(10,11)18(5,6)7)15-20-22(8,9)17(2,3)4/h25-26,29H,12-24,27-28H2,1-11H3;12,16H,1,13-15H2,2-11H3/b26-25-;. The molecule has 0 aromatic heterocycles. The van der Waals surface area contributed by atoms with Crippen LogP contribution in [0.4, 0.5) is 0 Å². The van der Waals surface area contributed by atoms with Crippen molar-refractivity contribution in [1.29, 1.82) is 0 Å². The van der Waals surface area contributed by atoms with Crippen LogP contribution >= 0.6 is 0 Å². The highest BCUT2D eigenvalue weighted by atomic mass is 28.4. The summed E-state index contributed by atoms with van der Waals surface area (Å²) in [5.74, 6) is 0. The van der Waals surface area contributed by atoms with Gasteiger partial charge in [0.25, 0.3) is 0 Å². The molecule has 0 saturated heterocycles. The molecular weight excluding hydrogens is 797 g/mol. The van der Waals surface area contributed by atoms with Crippen LogP contribution in [0.5, 0.6) is 0 Å². The Morgan fingerprint density at radius 2 is 0.797 bits per heavy atom. The van der Waals surface area contributed by atoms with E-state index < -0.39 is 33.3 Å². The van der Waals surface area contributed by atoms with Gasteiger partial charge >= 0.3 is 0 Å². The fourth-order valence-electron chi connectivity index (χ4n) is 5.14. The minimum absolute atomic E-state index is 0.00929. The summed E-state index contributed by atoms with van der Waals surface area (Å²) in [6.07, 6.45) is 23.7. The Morgan fingerprint density at radius 1 is 0.458 bits per heavy atom. The lowest BCUT2D eigenvalue weighted by molar-refractivity contribution is 0.0250. The summed E-state index contributed by atoms with van der Waals surface area (Å²) in [6, 6.07) is 0. The third-order valence-electron chi connectivity index (χ3n) is 13.6. The van der Waals surface area contributed by atoms with Gasteiger partial charge in [-0.3, -0.25) is 0 Å². The Morgan fingerprint density at radius 3 is 1.14 bits per heavy atom. The molecule has 0 radical (unpaired) electrons. The van der Waals surface area contributed by atoms with Crippen molar-refractivity contribution in [2.24, 2.45) is 0 Å². The van der Waals surface area contributed by atoms with E-state index in [4.69, 9.17) is 27.2 Å². The number of ether oxygens (including phenoxy) is 2. The fraction of sp³-hybridized carbons (Fsp3) is 0.918. The van der Waals surface area contributed by atoms with E-state index in [-0.39, 0.29) is 32.4 Å². The van der Waals surface area contributed by atoms with Crippen LogP contribution in [0.3, 0.4) is 0 Å². The van der Waals surface area contributed by atoms with Gasteiger partial charge in [-0.1, -0.05) is 167 Å². The highest BCUT2D eigenvalue weighted by molar-refractivity contribution is 6.75. The van der Waals surface area contributed by atoms with Gasteiger partial charge in [0.15, 0.2) is 33.3 Å². The number of hydrogen-bond acceptors (Lipinski definition) is 6. The van der Waals surface area contributed by atoms with Crippen LogP contribution in [0.1, 0.15) is 173 Å². The molecule has 2 atom stereocenters. The summed E-state index contributed by atoms with van der Waals surface area (Å²) in [7, 11) is -7.33. The fourth-order valence-corrected chi connectivity index (χ4v) is 9.86. The van der Waals surface area contributed by atoms with Gasteiger partial charge in [0, 0.05) is 0 Å². The van der Waals surface area contributed by atoms with Gasteiger partial charge in [0.1, 0.15) is 12.7 Å². The van der Waals surface area contributed by atoms with Gasteiger partial charge in [-0.05, 0) is 91.4 Å². The number of rotatable bonds is 30. The number of unbranched alkanes of at least 4 members (excludes halogenated alkanes) is 12. The molecule has 59 heavy (non-hydrogen) atoms. The first kappa shape index (κ1) is 61.0. The SMILES string of the molecule is C=CCOCC(CO[Si](C)(C)C(C)(C)C)O[Si](C)(C)C(C)(C)C.CCCCCCCCCCCCCC/C=C\OCC(CO[Si](C)(C)C(C)(C)C)O[Si](C)(C)C(C)(C)C. The third-order valence-corrected chi connectivity index (χ3v) is 31.7. The molecule has 0 aliphatic rings. The average Bonchev–Trinajstić information content (AvgIpc) is 3.07. The zero-order valence-corrected chi connectivity index (χ0v) is 47.8. The summed E-state index contributed by atoms with van der Waals surface area (Å²) in [4.78, 5) is 0. The van der Waals surface area contributed by atoms with Gasteiger partial charge in [-0.2, -0.15) is 0 Å². The van der Waals surface area contributed by atoms with Crippen molar-refractivity contribution < 1.29 is 27.2 Å². The molecule has 0 bridgehead atoms. The average molecular weight is 904 g/mol. The minimum atomic E-state index is -1.89. The second-order valence-electron chi connectivity index (χ2n) is 23.4. The van der Waals surface area contributed by atoms with Crippen LogP contribution in [-0.4, -0.2) is 78.5 Å². The molecule has 0 heterocycles. The van der Waals surface area contributed by atoms with E-state index in [1.54, 1.807) is 6.08 Å². The molecule has 0 N–H and O–H groups in total. The maximum atomic E-state index is 6.71. The quantitative estimate of drug-likeness (QED) is 0.0310. The predicted octanol–water partition coefficient (Wildman–Crippen LogP) is 16.6. The zero-order valence-electron chi connectivity index (χ0n) is 43.8. The summed E-state index contributed by atoms with van der Waals surface area (Å²) in [5, 5.41) is 0.757. The molecule has 0 amide bonds. The molecule has 2 unspecified atom stereocenters. The predicted molar refractivity (Wildman–Crippen MR) is 272 cm³/mol. The molecule has 0 aliphatic heterocycles. The van der Waals surface area contributed by atoms with Crippen LogP contribution in [0, 0.1) is 0 Å². The maximum Gasteiger partial charge on any atom is 0.192 e. The molecule has 0 spiro atoms. The third kappa shape index (κ3) is 27.7. The molecule has 0 rings (SSSR count). The molecule has 0 aromatic rings. The van der Waals surface area contributed by atoms with Crippen molar-refractivity contribution in [3.8, 4) is 0 Å². The second kappa shape index (κ2) is 28.7. The number of hydrogen-bond donors (Lipinski definition) is 0. The largest absolute Gasteiger partial charge is 0.499 e. The summed E-state index contributed by atoms with van der Waals surface area (Å²) >= 11 is 0. The lowest BCUT2D eigenvalue weighted by Gasteiger charge is -2.41. The van der Waals surface area contributed by atoms with E-state index in [0.717, 1.165) is 6.42 Å². The molecule has 0 aromatic carbocycles. The zero-order chi connectivity index (χ0) is 46.2. The first-order valence-corrected chi connectivity index (χ1v) is 35.5. The van der Waals surface area contributed by atoms with Crippen molar-refractivity contribution in [1.82, 2.24) is 0 Å². The molecular formula is C49H106O6Si4. The van der Waals surface area contributed by atoms with Crippen LogP contribution in [-0.2, 0) is 27.2 Å². The molecule has 354 valence electrons. The Kier molecular flexibility index (Phi) is 29.7. The summed E-state index contributed by atoms with van der Waals surface area (Å²) in [5.41, 5.74) is 0. The van der Waals surface area contributed by atoms with Crippen molar-refractivity contribution >= 4 is 33.3 Å². The van der Waals surface area contributed by atoms with Gasteiger partial charge < -0.3 is 27.2 Å². The van der Waals surface area contributed by atoms with Crippen molar-refractivity contribution in [2.45, 2.75) is 258 Å². The summed E-state index contributed by atoms with van der Waals surface area (Å²) < 4.78 is 37.8. The lowest BCUT2D eigenvalue weighted by atomic mass is 10.0. The van der Waals surface area contributed by atoms with Crippen LogP contribution in [0.25, 0.3) is 0 Å². The van der Waals surface area contributed by atoms with Crippen LogP contribution in [0.2, 0.25) is 72.5 Å². The smallest absolute Gasteiger partial charge is 0.192 e. The van der Waals surface area contributed by atoms with Gasteiger partial charge in [0.2, 0.25) is 0 Å². The Bertz CT molecular complexity index is 1090. The van der Waals surface area contributed by atoms with Crippen molar-refractivity contribution in [2.75, 3.05) is 33.0 Å². The summed E-state index contributed by atoms with van der Waals surface area (Å²) in [6.45, 7) is 54.6. The molecule has 0 saturated carbocycles. The van der Waals surface area contributed by atoms with Gasteiger partial charge in [0.05, 0.1) is 38.8 Å². The van der Waals surface area contributed by atoms with Gasteiger partial charge in [-0.25, -0.2) is 0 Å². The highest BCUT2D eigenvalue weighted by Gasteiger charge is 2.43. The second-order valence-corrected chi connectivity index (χ2v) is 42.5. The van der Waals surface area contributed by atoms with E-state index in [9.17, 15) is 0 Å². The molecule has 10 heteroatoms. The van der Waals surface area contributed by atoms with Crippen LogP contribution in [0.15, 0.2) is 25.0 Å². The van der Waals surface area contributed by atoms with E-state index in [1.165, 1.54) is 77.0 Å². The highest BCUT2D eigenvalue weighted by Crippen LogP contribution is 2.41. The van der Waals surface area contributed by atoms with E-state index >= 15 is 0 Å². The van der Waals surface area contributed by atoms with E-state index in [2.05, 4.69) is 155 Å². The normalized spacial score (nSPS) is 14.9. The maximum absolute atomic E-state index is 6.71. The van der Waals surface area contributed by atoms with Crippen LogP contribution < -0.4 is 0 Å². The minimum Gasteiger partial charge on any atom is -0.499 e. The van der Waals surface area contributed by atoms with Crippen molar-refractivity contribution in [3.63, 3.8) is 0 Å². The monoisotopic (exact) mass is 903 g/mol. The van der Waals surface area contributed by atoms with Crippen molar-refractivity contribution in [3.05, 3.63) is 25.0 Å². The lowest BCUT2D eigenvalue weighted by Crippen LogP contribution is -2.49. The molecule has 0 aliphatic carbocycles. The Hall–Kier alpha value is -0.0525. The Labute approximate surface area is 375 Å². The molecule has 0 fully saturated rings. The first-order chi connectivity index (χ1) is 26.8. The topological polar surface area (TPSA) is 55.4 Å². The van der Waals surface area contributed by atoms with Gasteiger partial charge in [-0.15, -0.1) is 6.58 Å². The Balaban J connectivity index is 0. The first-order valence-electron chi connectivity index (χ1n) is 23.9. The number of allylic oxidation sites excluding steroid dienone is 1. The van der Waals surface area contributed by atoms with E-state index in [1.807, 2.05) is 6.26 Å².